The van der Waals surface area contributed by atoms with Gasteiger partial charge < -0.3 is 0 Å². The summed E-state index contributed by atoms with van der Waals surface area (Å²) >= 11 is 0. The van der Waals surface area contributed by atoms with Crippen molar-refractivity contribution in [1.29, 1.82) is 5.26 Å². The van der Waals surface area contributed by atoms with Gasteiger partial charge in [0.1, 0.15) is 6.07 Å². The van der Waals surface area contributed by atoms with Crippen molar-refractivity contribution in [2.75, 3.05) is 6.54 Å². The number of azide groups is 1. The fourth-order valence-corrected chi connectivity index (χ4v) is 0.766. The summed E-state index contributed by atoms with van der Waals surface area (Å²) in [4.78, 5) is 10.1. The summed E-state index contributed by atoms with van der Waals surface area (Å²) in [6.07, 6.45) is 3.45. The highest BCUT2D eigenvalue weighted by molar-refractivity contribution is 5.30. The molecule has 0 saturated carbocycles. The zero-order valence-corrected chi connectivity index (χ0v) is 7.75. The maximum Gasteiger partial charge on any atom is 0.232 e. The zero-order valence-electron chi connectivity index (χ0n) is 7.75. The third-order valence-electron chi connectivity index (χ3n) is 1.38. The van der Waals surface area contributed by atoms with E-state index in [9.17, 15) is 0 Å². The highest BCUT2D eigenvalue weighted by Crippen LogP contribution is 1.92. The first-order chi connectivity index (χ1) is 7.36. The van der Waals surface area contributed by atoms with Crippen LogP contribution in [0.3, 0.4) is 0 Å². The van der Waals surface area contributed by atoms with Gasteiger partial charge in [0.2, 0.25) is 5.82 Å². The number of hydrogen-bond acceptors (Lipinski definition) is 4. The van der Waals surface area contributed by atoms with E-state index in [1.165, 1.54) is 12.4 Å². The van der Waals surface area contributed by atoms with Gasteiger partial charge in [-0.2, -0.15) is 5.26 Å². The maximum absolute atomic E-state index is 8.44. The molecule has 0 aliphatic heterocycles. The predicted octanol–water partition coefficient (Wildman–Crippen LogP) is 1.40. The Bertz CT molecular complexity index is 466. The van der Waals surface area contributed by atoms with Gasteiger partial charge >= 0.3 is 0 Å². The van der Waals surface area contributed by atoms with Crippen LogP contribution >= 0.6 is 0 Å². The van der Waals surface area contributed by atoms with Gasteiger partial charge in [0.05, 0.1) is 5.56 Å². The fraction of sp³-hybridized carbons (Fsp3) is 0.222. The summed E-state index contributed by atoms with van der Waals surface area (Å²) in [6.45, 7) is 0.348. The quantitative estimate of drug-likeness (QED) is 0.236. The number of hydrogen-bond donors (Lipinski definition) is 0. The van der Waals surface area contributed by atoms with Crippen molar-refractivity contribution >= 4 is 0 Å². The molecule has 0 N–H and O–H groups in total. The number of aromatic nitrogens is 2. The molecule has 0 fully saturated rings. The third-order valence-corrected chi connectivity index (χ3v) is 1.38. The molecule has 0 atom stereocenters. The average Bonchev–Trinajstić information content (AvgIpc) is 2.30. The van der Waals surface area contributed by atoms with E-state index in [-0.39, 0.29) is 5.82 Å². The van der Waals surface area contributed by atoms with Crippen LogP contribution in [0.4, 0.5) is 0 Å². The number of nitrogens with zero attached hydrogens (tertiary/aromatic N) is 6. The lowest BCUT2D eigenvalue weighted by Crippen LogP contribution is -1.88. The van der Waals surface area contributed by atoms with Gasteiger partial charge in [0, 0.05) is 30.3 Å². The predicted molar refractivity (Wildman–Crippen MR) is 52.3 cm³/mol. The van der Waals surface area contributed by atoms with Crippen molar-refractivity contribution in [1.82, 2.24) is 9.97 Å². The Hall–Kier alpha value is -2.56. The van der Waals surface area contributed by atoms with E-state index < -0.39 is 0 Å². The van der Waals surface area contributed by atoms with Gasteiger partial charge in [-0.3, -0.25) is 0 Å². The van der Waals surface area contributed by atoms with Crippen molar-refractivity contribution in [2.45, 2.75) is 6.42 Å². The Balaban J connectivity index is 2.57. The van der Waals surface area contributed by atoms with Crippen LogP contribution in [0.1, 0.15) is 17.8 Å². The van der Waals surface area contributed by atoms with E-state index in [0.717, 1.165) is 0 Å². The summed E-state index contributed by atoms with van der Waals surface area (Å²) in [5.74, 6) is 5.70. The molecular weight excluding hydrogens is 192 g/mol. The summed E-state index contributed by atoms with van der Waals surface area (Å²) in [5.41, 5.74) is 8.63. The molecular formula is C9H6N6. The van der Waals surface area contributed by atoms with Crippen molar-refractivity contribution in [2.24, 2.45) is 5.11 Å². The molecule has 0 radical (unpaired) electrons. The fourth-order valence-electron chi connectivity index (χ4n) is 0.766. The summed E-state index contributed by atoms with van der Waals surface area (Å²) in [5, 5.41) is 11.8. The third kappa shape index (κ3) is 3.77. The van der Waals surface area contributed by atoms with Crippen LogP contribution in [0, 0.1) is 23.2 Å². The lowest BCUT2D eigenvalue weighted by atomic mass is 10.3. The first-order valence-electron chi connectivity index (χ1n) is 4.08. The Kier molecular flexibility index (Phi) is 4.19. The van der Waals surface area contributed by atoms with E-state index in [0.29, 0.717) is 18.5 Å². The maximum atomic E-state index is 8.44. The average molecular weight is 198 g/mol. The largest absolute Gasteiger partial charge is 0.232 e. The SMILES string of the molecule is N#Cc1ncc(C#CCCN=[N+]=[N-])cn1. The van der Waals surface area contributed by atoms with Crippen LogP contribution < -0.4 is 0 Å². The molecule has 15 heavy (non-hydrogen) atoms. The molecule has 0 bridgehead atoms. The first kappa shape index (κ1) is 10.5. The second-order valence-corrected chi connectivity index (χ2v) is 2.41. The lowest BCUT2D eigenvalue weighted by Gasteiger charge is -1.87. The zero-order chi connectivity index (χ0) is 10.9. The van der Waals surface area contributed by atoms with Crippen LogP contribution in [0.25, 0.3) is 10.4 Å². The van der Waals surface area contributed by atoms with Crippen LogP contribution in [0.5, 0.6) is 0 Å². The Morgan fingerprint density at radius 2 is 2.20 bits per heavy atom. The molecule has 0 amide bonds. The molecule has 0 spiro atoms. The summed E-state index contributed by atoms with van der Waals surface area (Å²) in [7, 11) is 0. The molecule has 1 rings (SSSR count). The first-order valence-corrected chi connectivity index (χ1v) is 4.08. The second kappa shape index (κ2) is 5.98. The van der Waals surface area contributed by atoms with Crippen molar-refractivity contribution in [3.05, 3.63) is 34.2 Å². The molecule has 0 unspecified atom stereocenters. The van der Waals surface area contributed by atoms with Crippen molar-refractivity contribution in [3.63, 3.8) is 0 Å². The van der Waals surface area contributed by atoms with E-state index in [1.54, 1.807) is 0 Å². The van der Waals surface area contributed by atoms with Gasteiger partial charge in [-0.1, -0.05) is 17.0 Å². The van der Waals surface area contributed by atoms with Gasteiger partial charge in [-0.05, 0) is 5.53 Å². The molecule has 1 aromatic rings. The van der Waals surface area contributed by atoms with Crippen molar-refractivity contribution < 1.29 is 0 Å². The minimum atomic E-state index is 0.120. The topological polar surface area (TPSA) is 98.3 Å². The van der Waals surface area contributed by atoms with Gasteiger partial charge in [-0.15, -0.1) is 0 Å². The van der Waals surface area contributed by atoms with Crippen LogP contribution in [-0.2, 0) is 0 Å². The molecule has 0 aromatic carbocycles. The minimum Gasteiger partial charge on any atom is -0.226 e. The standard InChI is InChI=1S/C9H6N6/c10-5-9-12-6-8(7-13-9)3-1-2-4-14-15-11/h6-7H,2,4H2. The molecule has 1 aromatic heterocycles. The van der Waals surface area contributed by atoms with E-state index in [2.05, 4.69) is 31.8 Å². The highest BCUT2D eigenvalue weighted by Gasteiger charge is 1.91. The Morgan fingerprint density at radius 3 is 2.80 bits per heavy atom. The normalized spacial score (nSPS) is 7.93. The van der Waals surface area contributed by atoms with Crippen LogP contribution in [-0.4, -0.2) is 16.5 Å². The smallest absolute Gasteiger partial charge is 0.226 e. The number of nitriles is 1. The van der Waals surface area contributed by atoms with E-state index in [4.69, 9.17) is 10.8 Å². The lowest BCUT2D eigenvalue weighted by molar-refractivity contribution is 1.01. The van der Waals surface area contributed by atoms with Crippen LogP contribution in [0.15, 0.2) is 17.5 Å². The molecule has 6 nitrogen and oxygen atoms in total. The molecule has 1 heterocycles. The molecule has 0 aliphatic carbocycles. The van der Waals surface area contributed by atoms with Gasteiger partial charge in [0.15, 0.2) is 0 Å². The molecule has 72 valence electrons. The number of rotatable bonds is 2. The Morgan fingerprint density at radius 1 is 1.47 bits per heavy atom. The molecule has 0 aliphatic rings. The molecule has 0 saturated heterocycles. The molecule has 6 heteroatoms. The monoisotopic (exact) mass is 198 g/mol. The van der Waals surface area contributed by atoms with E-state index >= 15 is 0 Å². The van der Waals surface area contributed by atoms with E-state index in [1.807, 2.05) is 6.07 Å². The summed E-state index contributed by atoms with van der Waals surface area (Å²) < 4.78 is 0. The van der Waals surface area contributed by atoms with Crippen molar-refractivity contribution in [3.8, 4) is 17.9 Å². The van der Waals surface area contributed by atoms with Gasteiger partial charge in [0.25, 0.3) is 0 Å². The summed E-state index contributed by atoms with van der Waals surface area (Å²) in [6, 6.07) is 1.81. The minimum absolute atomic E-state index is 0.120. The van der Waals surface area contributed by atoms with Gasteiger partial charge in [-0.25, -0.2) is 9.97 Å². The second-order valence-electron chi connectivity index (χ2n) is 2.41. The highest BCUT2D eigenvalue weighted by atomic mass is 15.1. The Labute approximate surface area is 86.2 Å². The van der Waals surface area contributed by atoms with Crippen LogP contribution in [0.2, 0.25) is 0 Å².